The van der Waals surface area contributed by atoms with Gasteiger partial charge in [0.25, 0.3) is 6.08 Å². The zero-order valence-corrected chi connectivity index (χ0v) is 7.44. The lowest BCUT2D eigenvalue weighted by Crippen LogP contribution is -1.58. The molecule has 66 valence electrons. The Balaban J connectivity index is 2.56. The van der Waals surface area contributed by atoms with Crippen molar-refractivity contribution in [3.05, 3.63) is 41.3 Å². The van der Waals surface area contributed by atoms with Gasteiger partial charge < -0.3 is 0 Å². The van der Waals surface area contributed by atoms with Gasteiger partial charge >= 0.3 is 0 Å². The number of rotatable bonds is 1. The van der Waals surface area contributed by atoms with Crippen LogP contribution >= 0.6 is 11.3 Å². The Morgan fingerprint density at radius 3 is 2.69 bits per heavy atom. The first-order chi connectivity index (χ1) is 6.25. The summed E-state index contributed by atoms with van der Waals surface area (Å²) in [4.78, 5) is 0.598. The molecule has 0 nitrogen and oxygen atoms in total. The van der Waals surface area contributed by atoms with Crippen molar-refractivity contribution in [3.8, 4) is 0 Å². The van der Waals surface area contributed by atoms with Crippen LogP contribution < -0.4 is 0 Å². The van der Waals surface area contributed by atoms with E-state index in [0.717, 1.165) is 16.2 Å². The zero-order valence-electron chi connectivity index (χ0n) is 6.63. The molecule has 13 heavy (non-hydrogen) atoms. The van der Waals surface area contributed by atoms with Gasteiger partial charge in [-0.15, -0.1) is 11.3 Å². The molecule has 2 rings (SSSR count). The first-order valence-electron chi connectivity index (χ1n) is 3.77. The van der Waals surface area contributed by atoms with E-state index < -0.39 is 6.08 Å². The molecule has 0 aliphatic rings. The van der Waals surface area contributed by atoms with Gasteiger partial charge in [0.1, 0.15) is 0 Å². The topological polar surface area (TPSA) is 0 Å². The zero-order chi connectivity index (χ0) is 9.26. The fraction of sp³-hybridized carbons (Fsp3) is 0. The van der Waals surface area contributed by atoms with E-state index in [-0.39, 0.29) is 0 Å². The minimum absolute atomic E-state index is 0.598. The van der Waals surface area contributed by atoms with Gasteiger partial charge in [-0.1, -0.05) is 18.2 Å². The molecule has 0 spiro atoms. The van der Waals surface area contributed by atoms with E-state index in [1.54, 1.807) is 6.07 Å². The van der Waals surface area contributed by atoms with Crippen molar-refractivity contribution in [2.45, 2.75) is 0 Å². The number of benzene rings is 1. The Morgan fingerprint density at radius 1 is 1.23 bits per heavy atom. The molecular weight excluding hydrogens is 190 g/mol. The van der Waals surface area contributed by atoms with Crippen molar-refractivity contribution >= 4 is 27.5 Å². The van der Waals surface area contributed by atoms with Crippen LogP contribution in [-0.4, -0.2) is 0 Å². The third kappa shape index (κ3) is 1.75. The number of hydrogen-bond acceptors (Lipinski definition) is 1. The van der Waals surface area contributed by atoms with Crippen molar-refractivity contribution in [1.29, 1.82) is 0 Å². The summed E-state index contributed by atoms with van der Waals surface area (Å²) in [6.45, 7) is 0. The van der Waals surface area contributed by atoms with Crippen molar-refractivity contribution in [2.75, 3.05) is 0 Å². The van der Waals surface area contributed by atoms with Crippen LogP contribution in [0.1, 0.15) is 4.88 Å². The Labute approximate surface area is 78.1 Å². The lowest BCUT2D eigenvalue weighted by molar-refractivity contribution is 0.429. The van der Waals surface area contributed by atoms with E-state index in [1.807, 2.05) is 24.3 Å². The van der Waals surface area contributed by atoms with Gasteiger partial charge in [-0.3, -0.25) is 0 Å². The summed E-state index contributed by atoms with van der Waals surface area (Å²) in [7, 11) is 0. The molecule has 2 aromatic rings. The van der Waals surface area contributed by atoms with Crippen LogP contribution in [-0.2, 0) is 0 Å². The van der Waals surface area contributed by atoms with Crippen molar-refractivity contribution in [1.82, 2.24) is 0 Å². The molecule has 0 aliphatic carbocycles. The van der Waals surface area contributed by atoms with Crippen LogP contribution in [0, 0.1) is 0 Å². The first kappa shape index (κ1) is 8.38. The summed E-state index contributed by atoms with van der Waals surface area (Å²) >= 11 is 1.37. The fourth-order valence-electron chi connectivity index (χ4n) is 1.18. The third-order valence-corrected chi connectivity index (χ3v) is 2.76. The SMILES string of the molecule is FC(F)=Cc1cc2ccccc2s1. The Bertz CT molecular complexity index is 420. The van der Waals surface area contributed by atoms with Gasteiger partial charge in [0.15, 0.2) is 0 Å². The summed E-state index contributed by atoms with van der Waals surface area (Å²) in [6, 6.07) is 9.40. The van der Waals surface area contributed by atoms with E-state index in [4.69, 9.17) is 0 Å². The molecule has 1 heterocycles. The minimum Gasteiger partial charge on any atom is -0.173 e. The largest absolute Gasteiger partial charge is 0.271 e. The van der Waals surface area contributed by atoms with Gasteiger partial charge in [-0.05, 0) is 17.5 Å². The quantitative estimate of drug-likeness (QED) is 0.643. The molecule has 0 N–H and O–H groups in total. The van der Waals surface area contributed by atoms with Gasteiger partial charge in [0.05, 0.1) is 0 Å². The smallest absolute Gasteiger partial charge is 0.173 e. The second-order valence-corrected chi connectivity index (χ2v) is 3.74. The van der Waals surface area contributed by atoms with E-state index in [1.165, 1.54) is 11.3 Å². The summed E-state index contributed by atoms with van der Waals surface area (Å²) in [6.07, 6.45) is -0.753. The molecule has 0 atom stereocenters. The highest BCUT2D eigenvalue weighted by Gasteiger charge is 1.99. The molecule has 0 unspecified atom stereocenters. The second-order valence-electron chi connectivity index (χ2n) is 2.62. The average Bonchev–Trinajstić information content (AvgIpc) is 2.44. The predicted molar refractivity (Wildman–Crippen MR) is 52.0 cm³/mol. The maximum Gasteiger partial charge on any atom is 0.271 e. The molecule has 1 aromatic heterocycles. The van der Waals surface area contributed by atoms with E-state index in [2.05, 4.69) is 0 Å². The van der Waals surface area contributed by atoms with Crippen molar-refractivity contribution in [3.63, 3.8) is 0 Å². The average molecular weight is 196 g/mol. The standard InChI is InChI=1S/C10H6F2S/c11-10(12)6-8-5-7-3-1-2-4-9(7)13-8/h1-6H. The number of fused-ring (bicyclic) bond motifs is 1. The van der Waals surface area contributed by atoms with Crippen LogP contribution in [0.15, 0.2) is 36.4 Å². The highest BCUT2D eigenvalue weighted by atomic mass is 32.1. The lowest BCUT2D eigenvalue weighted by atomic mass is 10.2. The Morgan fingerprint density at radius 2 is 2.00 bits per heavy atom. The maximum absolute atomic E-state index is 11.9. The first-order valence-corrected chi connectivity index (χ1v) is 4.58. The van der Waals surface area contributed by atoms with Crippen molar-refractivity contribution < 1.29 is 8.78 Å². The van der Waals surface area contributed by atoms with Crippen molar-refractivity contribution in [2.24, 2.45) is 0 Å². The minimum atomic E-state index is -1.65. The molecule has 0 fully saturated rings. The molecule has 0 aliphatic heterocycles. The van der Waals surface area contributed by atoms with E-state index >= 15 is 0 Å². The number of thiophene rings is 1. The predicted octanol–water partition coefficient (Wildman–Crippen LogP) is 4.14. The molecule has 0 bridgehead atoms. The van der Waals surface area contributed by atoms with Crippen LogP contribution in [0.25, 0.3) is 16.2 Å². The van der Waals surface area contributed by atoms with Crippen LogP contribution in [0.4, 0.5) is 8.78 Å². The van der Waals surface area contributed by atoms with Gasteiger partial charge in [0.2, 0.25) is 0 Å². The fourth-order valence-corrected chi connectivity index (χ4v) is 2.16. The molecule has 1 aromatic carbocycles. The molecule has 0 amide bonds. The van der Waals surface area contributed by atoms with Crippen LogP contribution in [0.5, 0.6) is 0 Å². The molecular formula is C10H6F2S. The summed E-state index contributed by atoms with van der Waals surface area (Å²) < 4.78 is 24.9. The molecule has 0 saturated carbocycles. The Kier molecular flexibility index (Phi) is 2.10. The van der Waals surface area contributed by atoms with Gasteiger partial charge in [-0.25, -0.2) is 0 Å². The Hall–Kier alpha value is -1.22. The number of halogens is 2. The van der Waals surface area contributed by atoms with Gasteiger partial charge in [0, 0.05) is 15.7 Å². The summed E-state index contributed by atoms with van der Waals surface area (Å²) in [5.74, 6) is 0. The molecule has 0 radical (unpaired) electrons. The highest BCUT2D eigenvalue weighted by Crippen LogP contribution is 2.27. The number of hydrogen-bond donors (Lipinski definition) is 0. The molecule has 0 saturated heterocycles. The van der Waals surface area contributed by atoms with Crippen LogP contribution in [0.2, 0.25) is 0 Å². The second kappa shape index (κ2) is 3.26. The normalized spacial score (nSPS) is 10.3. The monoisotopic (exact) mass is 196 g/mol. The third-order valence-electron chi connectivity index (χ3n) is 1.70. The van der Waals surface area contributed by atoms with E-state index in [0.29, 0.717) is 4.88 Å². The maximum atomic E-state index is 11.9. The van der Waals surface area contributed by atoms with Gasteiger partial charge in [-0.2, -0.15) is 8.78 Å². The summed E-state index contributed by atoms with van der Waals surface area (Å²) in [5, 5.41) is 1.01. The van der Waals surface area contributed by atoms with Crippen LogP contribution in [0.3, 0.4) is 0 Å². The molecule has 3 heteroatoms. The highest BCUT2D eigenvalue weighted by molar-refractivity contribution is 7.19. The summed E-state index contributed by atoms with van der Waals surface area (Å²) in [5.41, 5.74) is 0. The van der Waals surface area contributed by atoms with E-state index in [9.17, 15) is 8.78 Å². The lowest BCUT2D eigenvalue weighted by Gasteiger charge is -1.82.